The molecule has 1 unspecified atom stereocenters. The summed E-state index contributed by atoms with van der Waals surface area (Å²) in [6, 6.07) is 4.04. The Morgan fingerprint density at radius 1 is 1.17 bits per heavy atom. The molecule has 0 amide bonds. The summed E-state index contributed by atoms with van der Waals surface area (Å²) in [5.74, 6) is 0. The van der Waals surface area contributed by atoms with Crippen molar-refractivity contribution in [3.05, 3.63) is 34.2 Å². The van der Waals surface area contributed by atoms with E-state index in [2.05, 4.69) is 0 Å². The van der Waals surface area contributed by atoms with Crippen molar-refractivity contribution in [2.24, 2.45) is 14.1 Å². The topological polar surface area (TPSA) is 26.9 Å². The van der Waals surface area contributed by atoms with E-state index in [1.165, 1.54) is 34.4 Å². The van der Waals surface area contributed by atoms with Crippen LogP contribution in [0.25, 0.3) is 11.0 Å². The normalized spacial score (nSPS) is 14.1. The number of nitrogens with zero attached hydrogens (tertiary/aromatic N) is 2. The van der Waals surface area contributed by atoms with Crippen LogP contribution in [-0.4, -0.2) is 15.3 Å². The lowest BCUT2D eigenvalue weighted by molar-refractivity contribution is -0.131. The van der Waals surface area contributed by atoms with Crippen molar-refractivity contribution in [2.75, 3.05) is 0 Å². The minimum Gasteiger partial charge on any atom is -0.295 e. The highest BCUT2D eigenvalue weighted by atomic mass is 35.5. The van der Waals surface area contributed by atoms with Gasteiger partial charge in [-0.25, -0.2) is 4.79 Å². The minimum absolute atomic E-state index is 0.0714. The van der Waals surface area contributed by atoms with Crippen LogP contribution in [0.4, 0.5) is 13.2 Å². The summed E-state index contributed by atoms with van der Waals surface area (Å²) in [4.78, 5) is 11.6. The molecule has 0 N–H and O–H groups in total. The van der Waals surface area contributed by atoms with Crippen molar-refractivity contribution in [3.8, 4) is 0 Å². The van der Waals surface area contributed by atoms with Gasteiger partial charge in [0.1, 0.15) is 0 Å². The molecule has 2 rings (SSSR count). The van der Waals surface area contributed by atoms with Gasteiger partial charge in [-0.15, -0.1) is 11.6 Å². The Hall–Kier alpha value is -1.43. The third-order valence-corrected chi connectivity index (χ3v) is 3.38. The second-order valence-electron chi connectivity index (χ2n) is 4.05. The molecule has 1 aromatic carbocycles. The summed E-state index contributed by atoms with van der Waals surface area (Å²) in [5.41, 5.74) is 0.630. The average molecular weight is 279 g/mol. The lowest BCUT2D eigenvalue weighted by atomic mass is 10.1. The van der Waals surface area contributed by atoms with Gasteiger partial charge in [-0.05, 0) is 17.7 Å². The van der Waals surface area contributed by atoms with Gasteiger partial charge in [0.15, 0.2) is 5.38 Å². The van der Waals surface area contributed by atoms with Crippen LogP contribution in [0.2, 0.25) is 0 Å². The number of rotatable bonds is 1. The summed E-state index contributed by atoms with van der Waals surface area (Å²) in [6.45, 7) is 0. The van der Waals surface area contributed by atoms with E-state index in [4.69, 9.17) is 11.6 Å². The standard InChI is InChI=1S/C11H10ClF3N2O/c1-16-7-4-3-6(9(12)11(13,14)15)5-8(7)17(2)10(16)18/h3-5,9H,1-2H3. The molecule has 0 bridgehead atoms. The fraction of sp³-hybridized carbons (Fsp3) is 0.364. The Labute approximate surface area is 105 Å². The van der Waals surface area contributed by atoms with Crippen LogP contribution >= 0.6 is 11.6 Å². The number of aryl methyl sites for hydroxylation is 2. The molecular formula is C11H10ClF3N2O. The lowest BCUT2D eigenvalue weighted by Crippen LogP contribution is -2.19. The molecule has 98 valence electrons. The Kier molecular flexibility index (Phi) is 2.93. The third-order valence-electron chi connectivity index (χ3n) is 2.88. The molecule has 0 fully saturated rings. The number of halogens is 4. The summed E-state index contributed by atoms with van der Waals surface area (Å²) < 4.78 is 40.2. The number of benzene rings is 1. The smallest absolute Gasteiger partial charge is 0.295 e. The van der Waals surface area contributed by atoms with Gasteiger partial charge in [-0.3, -0.25) is 9.13 Å². The van der Waals surface area contributed by atoms with Crippen LogP contribution in [0, 0.1) is 0 Å². The summed E-state index contributed by atoms with van der Waals surface area (Å²) >= 11 is 5.36. The second-order valence-corrected chi connectivity index (χ2v) is 4.49. The van der Waals surface area contributed by atoms with E-state index in [1.54, 1.807) is 7.05 Å². The molecule has 0 radical (unpaired) electrons. The molecule has 1 aromatic heterocycles. The zero-order chi connectivity index (χ0) is 13.7. The van der Waals surface area contributed by atoms with Gasteiger partial charge in [-0.1, -0.05) is 6.07 Å². The number of hydrogen-bond donors (Lipinski definition) is 0. The monoisotopic (exact) mass is 278 g/mol. The molecule has 18 heavy (non-hydrogen) atoms. The van der Waals surface area contributed by atoms with Crippen molar-refractivity contribution in [2.45, 2.75) is 11.6 Å². The molecule has 0 spiro atoms. The van der Waals surface area contributed by atoms with Crippen molar-refractivity contribution < 1.29 is 13.2 Å². The molecule has 0 saturated carbocycles. The van der Waals surface area contributed by atoms with E-state index < -0.39 is 11.6 Å². The Morgan fingerprint density at radius 3 is 2.28 bits per heavy atom. The largest absolute Gasteiger partial charge is 0.408 e. The minimum atomic E-state index is -4.51. The first-order chi connectivity index (χ1) is 8.23. The van der Waals surface area contributed by atoms with Crippen LogP contribution in [-0.2, 0) is 14.1 Å². The SMILES string of the molecule is Cn1c(=O)n(C)c2cc(C(Cl)C(F)(F)F)ccc21. The maximum atomic E-state index is 12.5. The predicted octanol–water partition coefficient (Wildman–Crippen LogP) is 2.72. The van der Waals surface area contributed by atoms with Crippen LogP contribution < -0.4 is 5.69 Å². The average Bonchev–Trinajstić information content (AvgIpc) is 2.52. The number of alkyl halides is 4. The molecule has 0 aliphatic rings. The number of imidazole rings is 1. The van der Waals surface area contributed by atoms with E-state index in [9.17, 15) is 18.0 Å². The van der Waals surface area contributed by atoms with Gasteiger partial charge in [0, 0.05) is 14.1 Å². The zero-order valence-corrected chi connectivity index (χ0v) is 10.4. The van der Waals surface area contributed by atoms with Crippen LogP contribution in [0.15, 0.2) is 23.0 Å². The fourth-order valence-corrected chi connectivity index (χ4v) is 2.01. The lowest BCUT2D eigenvalue weighted by Gasteiger charge is -2.13. The maximum absolute atomic E-state index is 12.5. The Balaban J connectivity index is 2.65. The maximum Gasteiger partial charge on any atom is 0.408 e. The number of aromatic nitrogens is 2. The fourth-order valence-electron chi connectivity index (χ4n) is 1.87. The van der Waals surface area contributed by atoms with Gasteiger partial charge < -0.3 is 0 Å². The predicted molar refractivity (Wildman–Crippen MR) is 62.8 cm³/mol. The first-order valence-electron chi connectivity index (χ1n) is 5.09. The molecule has 0 aliphatic carbocycles. The van der Waals surface area contributed by atoms with Gasteiger partial charge >= 0.3 is 11.9 Å². The Morgan fingerprint density at radius 2 is 1.72 bits per heavy atom. The van der Waals surface area contributed by atoms with Gasteiger partial charge in [0.25, 0.3) is 0 Å². The number of hydrogen-bond acceptors (Lipinski definition) is 1. The molecular weight excluding hydrogens is 269 g/mol. The van der Waals surface area contributed by atoms with E-state index in [0.717, 1.165) is 0 Å². The Bertz CT molecular complexity index is 657. The van der Waals surface area contributed by atoms with Crippen molar-refractivity contribution in [3.63, 3.8) is 0 Å². The van der Waals surface area contributed by atoms with Crippen LogP contribution in [0.1, 0.15) is 10.9 Å². The quantitative estimate of drug-likeness (QED) is 0.737. The van der Waals surface area contributed by atoms with Crippen molar-refractivity contribution in [1.29, 1.82) is 0 Å². The first kappa shape index (κ1) is 13.0. The zero-order valence-electron chi connectivity index (χ0n) is 9.62. The highest BCUT2D eigenvalue weighted by Gasteiger charge is 2.39. The van der Waals surface area contributed by atoms with Crippen LogP contribution in [0.3, 0.4) is 0 Å². The molecule has 2 aromatic rings. The molecule has 1 heterocycles. The summed E-state index contributed by atoms with van der Waals surface area (Å²) in [5, 5.41) is -2.07. The van der Waals surface area contributed by atoms with E-state index >= 15 is 0 Å². The van der Waals surface area contributed by atoms with E-state index in [0.29, 0.717) is 11.0 Å². The van der Waals surface area contributed by atoms with Gasteiger partial charge in [-0.2, -0.15) is 13.2 Å². The van der Waals surface area contributed by atoms with Gasteiger partial charge in [0.2, 0.25) is 0 Å². The van der Waals surface area contributed by atoms with E-state index in [1.807, 2.05) is 0 Å². The van der Waals surface area contributed by atoms with Gasteiger partial charge in [0.05, 0.1) is 11.0 Å². The van der Waals surface area contributed by atoms with Crippen molar-refractivity contribution in [1.82, 2.24) is 9.13 Å². The first-order valence-corrected chi connectivity index (χ1v) is 5.53. The van der Waals surface area contributed by atoms with Crippen LogP contribution in [0.5, 0.6) is 0 Å². The summed E-state index contributed by atoms with van der Waals surface area (Å²) in [6.07, 6.45) is -4.51. The molecule has 0 aliphatic heterocycles. The summed E-state index contributed by atoms with van der Waals surface area (Å²) in [7, 11) is 3.07. The molecule has 0 saturated heterocycles. The molecule has 1 atom stereocenters. The van der Waals surface area contributed by atoms with Crippen molar-refractivity contribution >= 4 is 22.6 Å². The second kappa shape index (κ2) is 4.05. The third kappa shape index (κ3) is 1.90. The highest BCUT2D eigenvalue weighted by molar-refractivity contribution is 6.21. The highest BCUT2D eigenvalue weighted by Crippen LogP contribution is 2.38. The molecule has 3 nitrogen and oxygen atoms in total. The molecule has 7 heteroatoms. The van der Waals surface area contributed by atoms with E-state index in [-0.39, 0.29) is 11.3 Å². The number of fused-ring (bicyclic) bond motifs is 1.